The standard InChI is InChI=1S/C20H38N2O5/c1-10-11-12-13-14-15(23)20(8,9)22(17(25)27-19(5,6)7)21-16(24)26-18(2,3)4/h10-14H2,1-9H3,(H,21,24). The van der Waals surface area contributed by atoms with Gasteiger partial charge in [-0.05, 0) is 61.8 Å². The molecule has 0 saturated carbocycles. The van der Waals surface area contributed by atoms with E-state index in [4.69, 9.17) is 9.47 Å². The van der Waals surface area contributed by atoms with Crippen molar-refractivity contribution in [2.45, 2.75) is 111 Å². The first-order chi connectivity index (χ1) is 12.1. The van der Waals surface area contributed by atoms with E-state index >= 15 is 0 Å². The molecule has 0 spiro atoms. The molecule has 0 unspecified atom stereocenters. The summed E-state index contributed by atoms with van der Waals surface area (Å²) in [4.78, 5) is 37.6. The van der Waals surface area contributed by atoms with Gasteiger partial charge in [0, 0.05) is 6.42 Å². The van der Waals surface area contributed by atoms with Gasteiger partial charge in [-0.2, -0.15) is 0 Å². The van der Waals surface area contributed by atoms with Crippen molar-refractivity contribution in [1.82, 2.24) is 10.4 Å². The van der Waals surface area contributed by atoms with Crippen molar-refractivity contribution in [2.24, 2.45) is 0 Å². The minimum atomic E-state index is -1.27. The summed E-state index contributed by atoms with van der Waals surface area (Å²) in [6.45, 7) is 15.6. The fraction of sp³-hybridized carbons (Fsp3) is 0.850. The fourth-order valence-corrected chi connectivity index (χ4v) is 2.26. The van der Waals surface area contributed by atoms with Gasteiger partial charge in [0.2, 0.25) is 0 Å². The highest BCUT2D eigenvalue weighted by Gasteiger charge is 2.41. The van der Waals surface area contributed by atoms with Crippen LogP contribution in [0.4, 0.5) is 9.59 Å². The molecule has 27 heavy (non-hydrogen) atoms. The number of carbonyl (C=O) groups excluding carboxylic acids is 3. The molecule has 0 atom stereocenters. The largest absolute Gasteiger partial charge is 0.443 e. The van der Waals surface area contributed by atoms with Gasteiger partial charge < -0.3 is 9.47 Å². The van der Waals surface area contributed by atoms with Gasteiger partial charge in [0.15, 0.2) is 5.78 Å². The first kappa shape index (κ1) is 25.2. The van der Waals surface area contributed by atoms with Gasteiger partial charge in [0.05, 0.1) is 0 Å². The summed E-state index contributed by atoms with van der Waals surface area (Å²) >= 11 is 0. The fourth-order valence-electron chi connectivity index (χ4n) is 2.26. The van der Waals surface area contributed by atoms with Crippen LogP contribution in [0.5, 0.6) is 0 Å². The smallest absolute Gasteiger partial charge is 0.430 e. The molecule has 0 aromatic heterocycles. The Morgan fingerprint density at radius 1 is 0.815 bits per heavy atom. The molecule has 0 aliphatic rings. The van der Waals surface area contributed by atoms with Crippen LogP contribution in [0.2, 0.25) is 0 Å². The Bertz CT molecular complexity index is 515. The van der Waals surface area contributed by atoms with E-state index in [1.807, 2.05) is 0 Å². The second-order valence-electron chi connectivity index (χ2n) is 9.22. The summed E-state index contributed by atoms with van der Waals surface area (Å²) in [6.07, 6.45) is 2.51. The third-order valence-corrected chi connectivity index (χ3v) is 3.68. The number of hydrogen-bond donors (Lipinski definition) is 1. The first-order valence-corrected chi connectivity index (χ1v) is 9.66. The van der Waals surface area contributed by atoms with Crippen molar-refractivity contribution < 1.29 is 23.9 Å². The summed E-state index contributed by atoms with van der Waals surface area (Å²) < 4.78 is 10.6. The molecule has 0 aromatic carbocycles. The van der Waals surface area contributed by atoms with Crippen LogP contribution in [0.3, 0.4) is 0 Å². The SMILES string of the molecule is CCCCCCC(=O)C(C)(C)N(NC(=O)OC(C)(C)C)C(=O)OC(C)(C)C. The highest BCUT2D eigenvalue weighted by atomic mass is 16.6. The second kappa shape index (κ2) is 9.95. The average Bonchev–Trinajstić information content (AvgIpc) is 2.45. The lowest BCUT2D eigenvalue weighted by Gasteiger charge is -2.38. The Balaban J connectivity index is 5.38. The van der Waals surface area contributed by atoms with E-state index in [-0.39, 0.29) is 5.78 Å². The van der Waals surface area contributed by atoms with Gasteiger partial charge in [-0.15, -0.1) is 0 Å². The minimum absolute atomic E-state index is 0.152. The Hall–Kier alpha value is -1.79. The molecule has 0 aliphatic heterocycles. The zero-order valence-corrected chi connectivity index (χ0v) is 18.5. The summed E-state index contributed by atoms with van der Waals surface area (Å²) in [5.74, 6) is -0.152. The van der Waals surface area contributed by atoms with Crippen molar-refractivity contribution in [3.63, 3.8) is 0 Å². The molecule has 0 aromatic rings. The van der Waals surface area contributed by atoms with E-state index in [2.05, 4.69) is 12.3 Å². The van der Waals surface area contributed by atoms with E-state index in [0.717, 1.165) is 30.7 Å². The maximum atomic E-state index is 12.8. The molecule has 0 fully saturated rings. The molecule has 0 saturated heterocycles. The number of unbranched alkanes of at least 4 members (excludes halogenated alkanes) is 3. The summed E-state index contributed by atoms with van der Waals surface area (Å²) in [5.41, 5.74) is -0.388. The maximum absolute atomic E-state index is 12.8. The number of ketones is 1. The predicted molar refractivity (Wildman–Crippen MR) is 105 cm³/mol. The third kappa shape index (κ3) is 10.2. The highest BCUT2D eigenvalue weighted by Crippen LogP contribution is 2.21. The lowest BCUT2D eigenvalue weighted by Crippen LogP contribution is -2.62. The number of rotatable bonds is 7. The molecule has 1 N–H and O–H groups in total. The minimum Gasteiger partial charge on any atom is -0.443 e. The molecule has 0 aliphatic carbocycles. The van der Waals surface area contributed by atoms with Crippen LogP contribution in [0.25, 0.3) is 0 Å². The Kier molecular flexibility index (Phi) is 9.29. The molecule has 0 heterocycles. The number of carbonyl (C=O) groups is 3. The average molecular weight is 387 g/mol. The number of amides is 2. The molecule has 158 valence electrons. The molecule has 0 bridgehead atoms. The van der Waals surface area contributed by atoms with E-state index in [0.29, 0.717) is 6.42 Å². The van der Waals surface area contributed by atoms with Gasteiger partial charge in [-0.1, -0.05) is 26.2 Å². The zero-order valence-electron chi connectivity index (χ0n) is 18.5. The predicted octanol–water partition coefficient (Wildman–Crippen LogP) is 4.98. The summed E-state index contributed by atoms with van der Waals surface area (Å²) in [6, 6.07) is 0. The first-order valence-electron chi connectivity index (χ1n) is 9.66. The van der Waals surface area contributed by atoms with Crippen LogP contribution in [0.15, 0.2) is 0 Å². The molecule has 0 radical (unpaired) electrons. The second-order valence-corrected chi connectivity index (χ2v) is 9.22. The molecule has 7 heteroatoms. The Morgan fingerprint density at radius 3 is 1.78 bits per heavy atom. The number of hydrazine groups is 1. The third-order valence-electron chi connectivity index (χ3n) is 3.68. The molecule has 0 rings (SSSR count). The van der Waals surface area contributed by atoms with Crippen LogP contribution >= 0.6 is 0 Å². The van der Waals surface area contributed by atoms with Gasteiger partial charge >= 0.3 is 12.2 Å². The van der Waals surface area contributed by atoms with Gasteiger partial charge in [-0.25, -0.2) is 20.0 Å². The van der Waals surface area contributed by atoms with Crippen LogP contribution in [0, 0.1) is 0 Å². The van der Waals surface area contributed by atoms with Crippen LogP contribution in [0.1, 0.15) is 94.4 Å². The Morgan fingerprint density at radius 2 is 1.33 bits per heavy atom. The van der Waals surface area contributed by atoms with Gasteiger partial charge in [0.25, 0.3) is 0 Å². The van der Waals surface area contributed by atoms with Crippen LogP contribution < -0.4 is 5.43 Å². The highest BCUT2D eigenvalue weighted by molar-refractivity contribution is 5.91. The summed E-state index contributed by atoms with van der Waals surface area (Å²) in [7, 11) is 0. The zero-order chi connectivity index (χ0) is 21.5. The normalized spacial score (nSPS) is 12.3. The topological polar surface area (TPSA) is 84.9 Å². The number of Topliss-reactive ketones (excluding diaryl/α,β-unsaturated/α-hetero) is 1. The number of hydrogen-bond acceptors (Lipinski definition) is 5. The number of nitrogens with zero attached hydrogens (tertiary/aromatic N) is 1. The molecular weight excluding hydrogens is 348 g/mol. The van der Waals surface area contributed by atoms with Crippen molar-refractivity contribution in [1.29, 1.82) is 0 Å². The molecule has 7 nitrogen and oxygen atoms in total. The van der Waals surface area contributed by atoms with Gasteiger partial charge in [-0.3, -0.25) is 4.79 Å². The van der Waals surface area contributed by atoms with Crippen LogP contribution in [-0.2, 0) is 14.3 Å². The van der Waals surface area contributed by atoms with Crippen LogP contribution in [-0.4, -0.2) is 39.7 Å². The lowest BCUT2D eigenvalue weighted by molar-refractivity contribution is -0.131. The maximum Gasteiger partial charge on any atom is 0.430 e. The number of nitrogens with one attached hydrogen (secondary N) is 1. The van der Waals surface area contributed by atoms with E-state index in [9.17, 15) is 14.4 Å². The quantitative estimate of drug-likeness (QED) is 0.492. The molecule has 2 amide bonds. The molecular formula is C20H38N2O5. The van der Waals surface area contributed by atoms with E-state index < -0.39 is 28.9 Å². The van der Waals surface area contributed by atoms with Crippen molar-refractivity contribution in [3.8, 4) is 0 Å². The van der Waals surface area contributed by atoms with Crippen molar-refractivity contribution >= 4 is 18.0 Å². The van der Waals surface area contributed by atoms with E-state index in [1.165, 1.54) is 0 Å². The van der Waals surface area contributed by atoms with Gasteiger partial charge in [0.1, 0.15) is 16.7 Å². The summed E-state index contributed by atoms with van der Waals surface area (Å²) in [5, 5.41) is 0.939. The monoisotopic (exact) mass is 386 g/mol. The Labute approximate surface area is 164 Å². The number of ether oxygens (including phenoxy) is 2. The van der Waals surface area contributed by atoms with Crippen molar-refractivity contribution in [3.05, 3.63) is 0 Å². The van der Waals surface area contributed by atoms with Crippen molar-refractivity contribution in [2.75, 3.05) is 0 Å². The lowest BCUT2D eigenvalue weighted by atomic mass is 9.94. The van der Waals surface area contributed by atoms with E-state index in [1.54, 1.807) is 55.4 Å².